The van der Waals surface area contributed by atoms with Gasteiger partial charge in [0, 0.05) is 12.1 Å². The molecular weight excluding hydrogens is 203 g/mol. The van der Waals surface area contributed by atoms with Crippen molar-refractivity contribution < 1.29 is 4.39 Å². The van der Waals surface area contributed by atoms with Crippen LogP contribution in [0.1, 0.15) is 26.2 Å². The van der Waals surface area contributed by atoms with E-state index in [1.165, 1.54) is 18.9 Å². The molecule has 88 valence electrons. The van der Waals surface area contributed by atoms with Gasteiger partial charge in [0.15, 0.2) is 0 Å². The van der Waals surface area contributed by atoms with Gasteiger partial charge in [0.1, 0.15) is 5.82 Å². The molecule has 0 aliphatic carbocycles. The molecule has 1 aromatic rings. The maximum Gasteiger partial charge on any atom is 0.146 e. The number of anilines is 1. The summed E-state index contributed by atoms with van der Waals surface area (Å²) < 4.78 is 13.4. The van der Waals surface area contributed by atoms with Crippen LogP contribution in [0, 0.1) is 5.82 Å². The highest BCUT2D eigenvalue weighted by molar-refractivity contribution is 5.45. The van der Waals surface area contributed by atoms with E-state index in [2.05, 4.69) is 17.6 Å². The van der Waals surface area contributed by atoms with Crippen LogP contribution >= 0.6 is 0 Å². The topological polar surface area (TPSA) is 24.1 Å². The van der Waals surface area contributed by atoms with Crippen LogP contribution in [0.4, 0.5) is 10.1 Å². The van der Waals surface area contributed by atoms with Crippen LogP contribution in [0.25, 0.3) is 0 Å². The molecule has 1 heterocycles. The fourth-order valence-electron chi connectivity index (χ4n) is 2.29. The number of nitrogens with one attached hydrogen (secondary N) is 2. The summed E-state index contributed by atoms with van der Waals surface area (Å²) in [5, 5.41) is 6.68. The zero-order valence-corrected chi connectivity index (χ0v) is 9.67. The van der Waals surface area contributed by atoms with Crippen LogP contribution in [0.5, 0.6) is 0 Å². The summed E-state index contributed by atoms with van der Waals surface area (Å²) in [4.78, 5) is 0. The molecule has 0 saturated carbocycles. The molecule has 1 aliphatic heterocycles. The van der Waals surface area contributed by atoms with Crippen LogP contribution in [-0.4, -0.2) is 18.6 Å². The standard InChI is InChI=1S/C13H19FN2/c1-10(9-11-5-4-8-15-11)16-13-7-3-2-6-12(13)14/h2-3,6-7,10-11,15-16H,4-5,8-9H2,1H3. The Balaban J connectivity index is 1.86. The molecule has 1 aliphatic rings. The highest BCUT2D eigenvalue weighted by Crippen LogP contribution is 2.17. The zero-order chi connectivity index (χ0) is 11.4. The number of benzene rings is 1. The monoisotopic (exact) mass is 222 g/mol. The van der Waals surface area contributed by atoms with E-state index in [4.69, 9.17) is 0 Å². The first-order chi connectivity index (χ1) is 7.75. The molecule has 0 amide bonds. The molecule has 2 unspecified atom stereocenters. The van der Waals surface area contributed by atoms with Gasteiger partial charge in [-0.2, -0.15) is 0 Å². The summed E-state index contributed by atoms with van der Waals surface area (Å²) in [6, 6.07) is 7.73. The first-order valence-corrected chi connectivity index (χ1v) is 6.00. The Morgan fingerprint density at radius 1 is 1.50 bits per heavy atom. The summed E-state index contributed by atoms with van der Waals surface area (Å²) in [7, 11) is 0. The highest BCUT2D eigenvalue weighted by Gasteiger charge is 2.17. The maximum absolute atomic E-state index is 13.4. The Bertz CT molecular complexity index is 334. The summed E-state index contributed by atoms with van der Waals surface area (Å²) >= 11 is 0. The van der Waals surface area contributed by atoms with Gasteiger partial charge in [-0.1, -0.05) is 12.1 Å². The van der Waals surface area contributed by atoms with Gasteiger partial charge in [-0.25, -0.2) is 4.39 Å². The molecule has 2 rings (SSSR count). The van der Waals surface area contributed by atoms with Crippen molar-refractivity contribution in [1.82, 2.24) is 5.32 Å². The van der Waals surface area contributed by atoms with Crippen LogP contribution in [0.3, 0.4) is 0 Å². The smallest absolute Gasteiger partial charge is 0.146 e. The van der Waals surface area contributed by atoms with Gasteiger partial charge in [-0.3, -0.25) is 0 Å². The minimum absolute atomic E-state index is 0.172. The molecule has 0 aromatic heterocycles. The predicted octanol–water partition coefficient (Wildman–Crippen LogP) is 2.77. The quantitative estimate of drug-likeness (QED) is 0.818. The molecular formula is C13H19FN2. The second kappa shape index (κ2) is 5.30. The number of hydrogen-bond acceptors (Lipinski definition) is 2. The molecule has 0 bridgehead atoms. The molecule has 2 nitrogen and oxygen atoms in total. The Morgan fingerprint density at radius 3 is 3.00 bits per heavy atom. The van der Waals surface area contributed by atoms with Crippen molar-refractivity contribution >= 4 is 5.69 Å². The number of halogens is 1. The fraction of sp³-hybridized carbons (Fsp3) is 0.538. The van der Waals surface area contributed by atoms with Crippen LogP contribution in [-0.2, 0) is 0 Å². The second-order valence-electron chi connectivity index (χ2n) is 4.55. The largest absolute Gasteiger partial charge is 0.380 e. The maximum atomic E-state index is 13.4. The molecule has 1 fully saturated rings. The van der Waals surface area contributed by atoms with Gasteiger partial charge in [-0.05, 0) is 44.9 Å². The Labute approximate surface area is 96.2 Å². The third kappa shape index (κ3) is 2.95. The molecule has 1 aromatic carbocycles. The Morgan fingerprint density at radius 2 is 2.31 bits per heavy atom. The molecule has 2 N–H and O–H groups in total. The van der Waals surface area contributed by atoms with Crippen molar-refractivity contribution in [2.75, 3.05) is 11.9 Å². The van der Waals surface area contributed by atoms with Gasteiger partial charge < -0.3 is 10.6 Å². The van der Waals surface area contributed by atoms with Gasteiger partial charge in [0.25, 0.3) is 0 Å². The van der Waals surface area contributed by atoms with E-state index in [0.717, 1.165) is 13.0 Å². The summed E-state index contributed by atoms with van der Waals surface area (Å²) in [6.07, 6.45) is 3.55. The molecule has 0 spiro atoms. The van der Waals surface area contributed by atoms with Crippen molar-refractivity contribution in [3.8, 4) is 0 Å². The van der Waals surface area contributed by atoms with Crippen molar-refractivity contribution in [2.24, 2.45) is 0 Å². The lowest BCUT2D eigenvalue weighted by Crippen LogP contribution is -2.29. The number of para-hydroxylation sites is 1. The Kier molecular flexibility index (Phi) is 3.78. The normalized spacial score (nSPS) is 22.0. The third-order valence-corrected chi connectivity index (χ3v) is 3.08. The zero-order valence-electron chi connectivity index (χ0n) is 9.67. The fourth-order valence-corrected chi connectivity index (χ4v) is 2.29. The number of rotatable bonds is 4. The van der Waals surface area contributed by atoms with Crippen molar-refractivity contribution in [3.63, 3.8) is 0 Å². The van der Waals surface area contributed by atoms with Gasteiger partial charge >= 0.3 is 0 Å². The van der Waals surface area contributed by atoms with E-state index in [9.17, 15) is 4.39 Å². The van der Waals surface area contributed by atoms with Crippen molar-refractivity contribution in [1.29, 1.82) is 0 Å². The Hall–Kier alpha value is -1.09. The number of hydrogen-bond donors (Lipinski definition) is 2. The minimum atomic E-state index is -0.172. The van der Waals surface area contributed by atoms with Gasteiger partial charge in [0.2, 0.25) is 0 Å². The lowest BCUT2D eigenvalue weighted by Gasteiger charge is -2.19. The molecule has 16 heavy (non-hydrogen) atoms. The van der Waals surface area contributed by atoms with E-state index in [0.29, 0.717) is 17.8 Å². The van der Waals surface area contributed by atoms with E-state index < -0.39 is 0 Å². The van der Waals surface area contributed by atoms with Crippen molar-refractivity contribution in [3.05, 3.63) is 30.1 Å². The predicted molar refractivity (Wildman–Crippen MR) is 65.1 cm³/mol. The highest BCUT2D eigenvalue weighted by atomic mass is 19.1. The SMILES string of the molecule is CC(CC1CCCN1)Nc1ccccc1F. The van der Waals surface area contributed by atoms with Crippen molar-refractivity contribution in [2.45, 2.75) is 38.3 Å². The average Bonchev–Trinajstić information content (AvgIpc) is 2.74. The molecule has 0 radical (unpaired) electrons. The first-order valence-electron chi connectivity index (χ1n) is 6.00. The minimum Gasteiger partial charge on any atom is -0.380 e. The lowest BCUT2D eigenvalue weighted by atomic mass is 10.1. The summed E-state index contributed by atoms with van der Waals surface area (Å²) in [5.41, 5.74) is 0.605. The van der Waals surface area contributed by atoms with E-state index in [1.54, 1.807) is 12.1 Å². The average molecular weight is 222 g/mol. The van der Waals surface area contributed by atoms with Gasteiger partial charge in [0.05, 0.1) is 5.69 Å². The second-order valence-corrected chi connectivity index (χ2v) is 4.55. The molecule has 3 heteroatoms. The van der Waals surface area contributed by atoms with Crippen LogP contribution in [0.2, 0.25) is 0 Å². The summed E-state index contributed by atoms with van der Waals surface area (Å²) in [5.74, 6) is -0.172. The van der Waals surface area contributed by atoms with Crippen LogP contribution < -0.4 is 10.6 Å². The first kappa shape index (κ1) is 11.4. The summed E-state index contributed by atoms with van der Waals surface area (Å²) in [6.45, 7) is 3.23. The van der Waals surface area contributed by atoms with E-state index >= 15 is 0 Å². The van der Waals surface area contributed by atoms with Gasteiger partial charge in [-0.15, -0.1) is 0 Å². The molecule has 1 saturated heterocycles. The van der Waals surface area contributed by atoms with Crippen LogP contribution in [0.15, 0.2) is 24.3 Å². The third-order valence-electron chi connectivity index (χ3n) is 3.08. The van der Waals surface area contributed by atoms with E-state index in [1.807, 2.05) is 6.07 Å². The lowest BCUT2D eigenvalue weighted by molar-refractivity contribution is 0.521. The molecule has 2 atom stereocenters. The van der Waals surface area contributed by atoms with E-state index in [-0.39, 0.29) is 5.82 Å².